The SMILES string of the molecule is Cc1cccc(NC(=O)C(=O)N/N=C\c2ccccc2OCc2ccccc2F)c1C. The Kier molecular flexibility index (Phi) is 7.11. The molecule has 0 aliphatic rings. The summed E-state index contributed by atoms with van der Waals surface area (Å²) in [7, 11) is 0. The van der Waals surface area contributed by atoms with Crippen molar-refractivity contribution in [3.63, 3.8) is 0 Å². The molecule has 6 nitrogen and oxygen atoms in total. The van der Waals surface area contributed by atoms with Crippen molar-refractivity contribution in [2.45, 2.75) is 20.5 Å². The first-order valence-corrected chi connectivity index (χ1v) is 9.61. The van der Waals surface area contributed by atoms with Crippen molar-refractivity contribution in [3.8, 4) is 5.75 Å². The zero-order chi connectivity index (χ0) is 22.2. The highest BCUT2D eigenvalue weighted by molar-refractivity contribution is 6.39. The lowest BCUT2D eigenvalue weighted by Gasteiger charge is -2.10. The first-order chi connectivity index (χ1) is 15.0. The van der Waals surface area contributed by atoms with E-state index in [0.717, 1.165) is 11.1 Å². The maximum atomic E-state index is 13.8. The Morgan fingerprint density at radius 1 is 0.968 bits per heavy atom. The Bertz CT molecular complexity index is 1130. The number of aryl methyl sites for hydroxylation is 1. The summed E-state index contributed by atoms with van der Waals surface area (Å²) in [6.45, 7) is 3.82. The van der Waals surface area contributed by atoms with Crippen molar-refractivity contribution in [2.75, 3.05) is 5.32 Å². The van der Waals surface area contributed by atoms with Crippen LogP contribution in [0.3, 0.4) is 0 Å². The number of anilines is 1. The number of hydrogen-bond donors (Lipinski definition) is 2. The number of halogens is 1. The summed E-state index contributed by atoms with van der Waals surface area (Å²) in [5, 5.41) is 6.41. The number of amides is 2. The molecule has 158 valence electrons. The van der Waals surface area contributed by atoms with Crippen molar-refractivity contribution in [1.82, 2.24) is 5.43 Å². The smallest absolute Gasteiger partial charge is 0.329 e. The molecular weight excluding hydrogens is 397 g/mol. The van der Waals surface area contributed by atoms with Gasteiger partial charge in [-0.05, 0) is 49.2 Å². The van der Waals surface area contributed by atoms with Crippen LogP contribution >= 0.6 is 0 Å². The lowest BCUT2D eigenvalue weighted by Crippen LogP contribution is -2.32. The predicted octanol–water partition coefficient (Wildman–Crippen LogP) is 4.11. The number of carbonyl (C=O) groups is 2. The van der Waals surface area contributed by atoms with Gasteiger partial charge in [-0.3, -0.25) is 9.59 Å². The number of hydrazone groups is 1. The zero-order valence-corrected chi connectivity index (χ0v) is 17.2. The van der Waals surface area contributed by atoms with Crippen LogP contribution < -0.4 is 15.5 Å². The van der Waals surface area contributed by atoms with Gasteiger partial charge < -0.3 is 10.1 Å². The summed E-state index contributed by atoms with van der Waals surface area (Å²) in [5.41, 5.74) is 5.64. The van der Waals surface area contributed by atoms with E-state index in [2.05, 4.69) is 15.8 Å². The molecule has 3 aromatic carbocycles. The number of rotatable bonds is 6. The molecule has 2 N–H and O–H groups in total. The number of ether oxygens (including phenoxy) is 1. The van der Waals surface area contributed by atoms with E-state index in [9.17, 15) is 14.0 Å². The lowest BCUT2D eigenvalue weighted by atomic mass is 10.1. The van der Waals surface area contributed by atoms with Crippen molar-refractivity contribution in [1.29, 1.82) is 0 Å². The van der Waals surface area contributed by atoms with Gasteiger partial charge in [0.2, 0.25) is 0 Å². The molecule has 3 aromatic rings. The van der Waals surface area contributed by atoms with Crippen LogP contribution in [-0.2, 0) is 16.2 Å². The van der Waals surface area contributed by atoms with E-state index in [0.29, 0.717) is 22.6 Å². The third-order valence-electron chi connectivity index (χ3n) is 4.69. The first-order valence-electron chi connectivity index (χ1n) is 9.61. The lowest BCUT2D eigenvalue weighted by molar-refractivity contribution is -0.136. The number of para-hydroxylation sites is 1. The maximum absolute atomic E-state index is 13.8. The Balaban J connectivity index is 1.60. The van der Waals surface area contributed by atoms with Gasteiger partial charge in [-0.15, -0.1) is 0 Å². The number of benzene rings is 3. The van der Waals surface area contributed by atoms with Gasteiger partial charge in [-0.2, -0.15) is 5.10 Å². The van der Waals surface area contributed by atoms with Crippen LogP contribution in [0.25, 0.3) is 0 Å². The topological polar surface area (TPSA) is 79.8 Å². The van der Waals surface area contributed by atoms with Crippen LogP contribution in [0, 0.1) is 19.7 Å². The van der Waals surface area contributed by atoms with Crippen LogP contribution in [0.5, 0.6) is 5.75 Å². The van der Waals surface area contributed by atoms with Gasteiger partial charge >= 0.3 is 11.8 Å². The maximum Gasteiger partial charge on any atom is 0.329 e. The Morgan fingerprint density at radius 3 is 2.52 bits per heavy atom. The minimum atomic E-state index is -0.901. The van der Waals surface area contributed by atoms with E-state index < -0.39 is 11.8 Å². The number of carbonyl (C=O) groups excluding carboxylic acids is 2. The fraction of sp³-hybridized carbons (Fsp3) is 0.125. The molecule has 0 saturated heterocycles. The summed E-state index contributed by atoms with van der Waals surface area (Å²) < 4.78 is 19.5. The van der Waals surface area contributed by atoms with Gasteiger partial charge in [0.15, 0.2) is 0 Å². The molecule has 0 aliphatic carbocycles. The highest BCUT2D eigenvalue weighted by Crippen LogP contribution is 2.19. The second-order valence-electron chi connectivity index (χ2n) is 6.82. The number of nitrogens with one attached hydrogen (secondary N) is 2. The summed E-state index contributed by atoms with van der Waals surface area (Å²) in [6.07, 6.45) is 1.36. The molecule has 2 amide bonds. The van der Waals surface area contributed by atoms with Crippen LogP contribution in [0.4, 0.5) is 10.1 Å². The summed E-state index contributed by atoms with van der Waals surface area (Å²) in [6, 6.07) is 18.8. The van der Waals surface area contributed by atoms with Gasteiger partial charge in [-0.25, -0.2) is 9.82 Å². The van der Waals surface area contributed by atoms with Gasteiger partial charge in [0.1, 0.15) is 18.2 Å². The second kappa shape index (κ2) is 10.2. The molecule has 0 heterocycles. The average molecular weight is 419 g/mol. The molecule has 0 bridgehead atoms. The monoisotopic (exact) mass is 419 g/mol. The molecule has 0 fully saturated rings. The van der Waals surface area contributed by atoms with Crippen LogP contribution in [0.1, 0.15) is 22.3 Å². The molecule has 3 rings (SSSR count). The molecule has 0 saturated carbocycles. The second-order valence-corrected chi connectivity index (χ2v) is 6.82. The molecule has 0 unspecified atom stereocenters. The van der Waals surface area contributed by atoms with Gasteiger partial charge in [0.05, 0.1) is 6.21 Å². The molecule has 0 spiro atoms. The Hall–Kier alpha value is -4.00. The van der Waals surface area contributed by atoms with Crippen molar-refractivity contribution in [3.05, 3.63) is 94.8 Å². The molecule has 31 heavy (non-hydrogen) atoms. The first kappa shape index (κ1) is 21.7. The molecule has 0 aliphatic heterocycles. The fourth-order valence-electron chi connectivity index (χ4n) is 2.77. The van der Waals surface area contributed by atoms with Crippen LogP contribution in [0.15, 0.2) is 71.8 Å². The van der Waals surface area contributed by atoms with Crippen LogP contribution in [0.2, 0.25) is 0 Å². The minimum absolute atomic E-state index is 0.0438. The highest BCUT2D eigenvalue weighted by Gasteiger charge is 2.14. The highest BCUT2D eigenvalue weighted by atomic mass is 19.1. The summed E-state index contributed by atoms with van der Waals surface area (Å²) in [5.74, 6) is -1.61. The number of nitrogens with zero attached hydrogens (tertiary/aromatic N) is 1. The van der Waals surface area contributed by atoms with Gasteiger partial charge in [0, 0.05) is 16.8 Å². The standard InChI is InChI=1S/C24H22FN3O3/c1-16-8-7-12-21(17(16)2)27-23(29)24(30)28-26-14-18-9-4-6-13-22(18)31-15-19-10-3-5-11-20(19)25/h3-14H,15H2,1-2H3,(H,27,29)(H,28,30)/b26-14-. The van der Waals surface area contributed by atoms with Crippen molar-refractivity contribution in [2.24, 2.45) is 5.10 Å². The third kappa shape index (κ3) is 5.76. The predicted molar refractivity (Wildman–Crippen MR) is 117 cm³/mol. The van der Waals surface area contributed by atoms with E-state index in [4.69, 9.17) is 4.74 Å². The third-order valence-corrected chi connectivity index (χ3v) is 4.69. The van der Waals surface area contributed by atoms with E-state index in [1.54, 1.807) is 54.6 Å². The van der Waals surface area contributed by atoms with Crippen molar-refractivity contribution < 1.29 is 18.7 Å². The Labute approximate surface area is 179 Å². The molecule has 0 aromatic heterocycles. The Morgan fingerprint density at radius 2 is 1.71 bits per heavy atom. The zero-order valence-electron chi connectivity index (χ0n) is 17.2. The molecule has 0 atom stereocenters. The molecule has 7 heteroatoms. The average Bonchev–Trinajstić information content (AvgIpc) is 2.77. The van der Waals surface area contributed by atoms with Crippen LogP contribution in [-0.4, -0.2) is 18.0 Å². The van der Waals surface area contributed by atoms with E-state index in [1.807, 2.05) is 19.9 Å². The molecule has 0 radical (unpaired) electrons. The largest absolute Gasteiger partial charge is 0.488 e. The molecular formula is C24H22FN3O3. The normalized spacial score (nSPS) is 10.7. The van der Waals surface area contributed by atoms with Crippen molar-refractivity contribution >= 4 is 23.7 Å². The fourth-order valence-corrected chi connectivity index (χ4v) is 2.77. The van der Waals surface area contributed by atoms with Gasteiger partial charge in [-0.1, -0.05) is 42.5 Å². The minimum Gasteiger partial charge on any atom is -0.488 e. The summed E-state index contributed by atoms with van der Waals surface area (Å²) in [4.78, 5) is 24.2. The number of hydrogen-bond acceptors (Lipinski definition) is 4. The summed E-state index contributed by atoms with van der Waals surface area (Å²) >= 11 is 0. The van der Waals surface area contributed by atoms with Gasteiger partial charge in [0.25, 0.3) is 0 Å². The quantitative estimate of drug-likeness (QED) is 0.359. The van der Waals surface area contributed by atoms with E-state index >= 15 is 0 Å². The van der Waals surface area contributed by atoms with E-state index in [1.165, 1.54) is 12.3 Å². The van der Waals surface area contributed by atoms with E-state index in [-0.39, 0.29) is 12.4 Å².